The van der Waals surface area contributed by atoms with Gasteiger partial charge in [0.2, 0.25) is 11.8 Å². The van der Waals surface area contributed by atoms with Crippen LogP contribution in [0.15, 0.2) is 70.7 Å². The van der Waals surface area contributed by atoms with Gasteiger partial charge in [0.25, 0.3) is 11.8 Å². The van der Waals surface area contributed by atoms with Gasteiger partial charge in [0.05, 0.1) is 37.7 Å². The van der Waals surface area contributed by atoms with E-state index in [0.29, 0.717) is 22.8 Å². The van der Waals surface area contributed by atoms with Crippen LogP contribution in [0.4, 0.5) is 5.69 Å². The lowest BCUT2D eigenvalue weighted by atomic mass is 9.57. The van der Waals surface area contributed by atoms with Crippen molar-refractivity contribution in [2.24, 2.45) is 17.8 Å². The third-order valence-corrected chi connectivity index (χ3v) is 11.6. The van der Waals surface area contributed by atoms with Crippen LogP contribution in [0.5, 0.6) is 11.5 Å². The average Bonchev–Trinajstić information content (AvgIpc) is 3.71. The Morgan fingerprint density at radius 2 is 1.69 bits per heavy atom. The van der Waals surface area contributed by atoms with Gasteiger partial charge in [-0.25, -0.2) is 0 Å². The molecule has 2 aliphatic carbocycles. The van der Waals surface area contributed by atoms with E-state index < -0.39 is 51.1 Å². The second-order valence-electron chi connectivity index (χ2n) is 12.5. The van der Waals surface area contributed by atoms with Gasteiger partial charge >= 0.3 is 0 Å². The second kappa shape index (κ2) is 11.6. The first-order valence-electron chi connectivity index (χ1n) is 15.5. The maximum absolute atomic E-state index is 14.3. The molecular weight excluding hydrogens is 659 g/mol. The van der Waals surface area contributed by atoms with Crippen LogP contribution in [0.25, 0.3) is 12.2 Å². The smallest absolute Gasteiger partial charge is 0.253 e. The molecule has 4 aliphatic rings. The quantitative estimate of drug-likeness (QED) is 0.156. The Labute approximate surface area is 286 Å². The topological polar surface area (TPSA) is 127 Å². The highest BCUT2D eigenvalue weighted by Gasteiger charge is 2.76. The number of hydrogen-bond acceptors (Lipinski definition) is 8. The highest BCUT2D eigenvalue weighted by atomic mass is 35.5. The molecule has 3 fully saturated rings. The number of nitrogens with zero attached hydrogens (tertiary/aromatic N) is 2. The Morgan fingerprint density at radius 1 is 0.938 bits per heavy atom. The Morgan fingerprint density at radius 3 is 2.35 bits per heavy atom. The van der Waals surface area contributed by atoms with Crippen molar-refractivity contribution in [2.45, 2.75) is 35.1 Å². The summed E-state index contributed by atoms with van der Waals surface area (Å²) in [5, 5.41) is 9.69. The van der Waals surface area contributed by atoms with Crippen molar-refractivity contribution in [3.05, 3.63) is 88.9 Å². The molecule has 10 nitrogen and oxygen atoms in total. The SMILES string of the molecule is COc1ccc(OC)c(C=Cc2ccc(N3C(=O)C4CC=C5C(CC6(Cl)C(=O)N(C)C(=O)C6(Cl)C5c5ccc(CO)o5)C4C3=O)cc2)c1. The number of benzene rings is 2. The van der Waals surface area contributed by atoms with Crippen molar-refractivity contribution in [1.82, 2.24) is 4.90 Å². The van der Waals surface area contributed by atoms with E-state index in [2.05, 4.69) is 0 Å². The molecule has 7 rings (SSSR count). The number of allylic oxidation sites excluding steroid dienone is 2. The summed E-state index contributed by atoms with van der Waals surface area (Å²) in [7, 11) is 4.51. The molecule has 1 saturated carbocycles. The molecule has 6 unspecified atom stereocenters. The summed E-state index contributed by atoms with van der Waals surface area (Å²) in [6, 6.07) is 15.7. The maximum Gasteiger partial charge on any atom is 0.253 e. The van der Waals surface area contributed by atoms with Gasteiger partial charge in [-0.3, -0.25) is 29.0 Å². The molecule has 48 heavy (non-hydrogen) atoms. The minimum Gasteiger partial charge on any atom is -0.497 e. The van der Waals surface area contributed by atoms with Gasteiger partial charge in [0.1, 0.15) is 29.6 Å². The Balaban J connectivity index is 1.21. The molecule has 6 atom stereocenters. The van der Waals surface area contributed by atoms with Crippen LogP contribution in [0.2, 0.25) is 0 Å². The number of furan rings is 1. The van der Waals surface area contributed by atoms with E-state index >= 15 is 0 Å². The van der Waals surface area contributed by atoms with Gasteiger partial charge < -0.3 is 19.0 Å². The van der Waals surface area contributed by atoms with Crippen molar-refractivity contribution in [2.75, 3.05) is 26.2 Å². The summed E-state index contributed by atoms with van der Waals surface area (Å²) in [6.07, 6.45) is 5.72. The molecular formula is C36H32Cl2N2O8. The van der Waals surface area contributed by atoms with Crippen LogP contribution < -0.4 is 14.4 Å². The molecule has 1 N–H and O–H groups in total. The molecule has 1 aromatic heterocycles. The number of hydrogen-bond donors (Lipinski definition) is 1. The third-order valence-electron chi connectivity index (χ3n) is 10.2. The number of methoxy groups -OCH3 is 2. The number of fused-ring (bicyclic) bond motifs is 4. The second-order valence-corrected chi connectivity index (χ2v) is 13.7. The number of anilines is 1. The summed E-state index contributed by atoms with van der Waals surface area (Å²) in [5.74, 6) is -3.46. The number of imide groups is 2. The number of amides is 4. The van der Waals surface area contributed by atoms with Crippen molar-refractivity contribution in [3.8, 4) is 11.5 Å². The molecule has 0 bridgehead atoms. The number of likely N-dealkylation sites (tertiary alicyclic amines) is 1. The fourth-order valence-electron chi connectivity index (χ4n) is 7.84. The summed E-state index contributed by atoms with van der Waals surface area (Å²) in [5.41, 5.74) is 2.69. The van der Waals surface area contributed by atoms with Gasteiger partial charge in [0.15, 0.2) is 9.75 Å². The number of ether oxygens (including phenoxy) is 2. The lowest BCUT2D eigenvalue weighted by molar-refractivity contribution is -0.138. The number of rotatable bonds is 7. The summed E-state index contributed by atoms with van der Waals surface area (Å²) in [4.78, 5) is 53.6. The van der Waals surface area contributed by atoms with Crippen LogP contribution in [0, 0.1) is 17.8 Å². The lowest BCUT2D eigenvalue weighted by Gasteiger charge is -2.49. The number of carbonyl (C=O) groups excluding carboxylic acids is 4. The number of aliphatic hydroxyl groups is 1. The van der Waals surface area contributed by atoms with E-state index in [0.717, 1.165) is 16.0 Å². The van der Waals surface area contributed by atoms with E-state index in [4.69, 9.17) is 37.1 Å². The van der Waals surface area contributed by atoms with Gasteiger partial charge in [-0.15, -0.1) is 23.2 Å². The van der Waals surface area contributed by atoms with Gasteiger partial charge in [-0.05, 0) is 66.8 Å². The van der Waals surface area contributed by atoms with E-state index in [1.165, 1.54) is 11.9 Å². The molecule has 2 aromatic carbocycles. The summed E-state index contributed by atoms with van der Waals surface area (Å²) in [6.45, 7) is -0.389. The third kappa shape index (κ3) is 4.49. The summed E-state index contributed by atoms with van der Waals surface area (Å²) < 4.78 is 16.7. The number of carbonyl (C=O) groups is 4. The van der Waals surface area contributed by atoms with Crippen molar-refractivity contribution < 1.29 is 38.2 Å². The Bertz CT molecular complexity index is 1920. The number of halogens is 2. The van der Waals surface area contributed by atoms with Crippen molar-refractivity contribution >= 4 is 64.7 Å². The fraction of sp³-hybridized carbons (Fsp3) is 0.333. The molecule has 3 aromatic rings. The molecule has 248 valence electrons. The predicted octanol–water partition coefficient (Wildman–Crippen LogP) is 5.15. The zero-order chi connectivity index (χ0) is 34.1. The first-order chi connectivity index (χ1) is 23.0. The molecule has 0 spiro atoms. The van der Waals surface area contributed by atoms with E-state index in [-0.39, 0.29) is 36.9 Å². The molecule has 3 heterocycles. The highest BCUT2D eigenvalue weighted by Crippen LogP contribution is 2.65. The Hall–Kier alpha value is -4.38. The first-order valence-corrected chi connectivity index (χ1v) is 16.2. The standard InChI is InChI=1S/C36H32Cl2N2O8/c1-39-33(44)35(37)17-26-24(30(36(35,38)34(39)45)28-15-11-23(18-41)48-28)12-13-25-29(26)32(43)40(31(25)42)21-8-5-19(6-9-21)4-7-20-16-22(46-2)10-14-27(20)47-3/h4-12,14-16,25-26,29-30,41H,13,17-18H2,1-3H3. The minimum atomic E-state index is -1.94. The van der Waals surface area contributed by atoms with Crippen LogP contribution in [-0.2, 0) is 25.8 Å². The molecule has 2 aliphatic heterocycles. The average molecular weight is 692 g/mol. The van der Waals surface area contributed by atoms with Gasteiger partial charge in [0, 0.05) is 12.6 Å². The van der Waals surface area contributed by atoms with E-state index in [9.17, 15) is 24.3 Å². The minimum absolute atomic E-state index is 0.117. The lowest BCUT2D eigenvalue weighted by Crippen LogP contribution is -2.60. The van der Waals surface area contributed by atoms with Crippen molar-refractivity contribution in [3.63, 3.8) is 0 Å². The van der Waals surface area contributed by atoms with Gasteiger partial charge in [-0.2, -0.15) is 0 Å². The molecule has 2 saturated heterocycles. The predicted molar refractivity (Wildman–Crippen MR) is 178 cm³/mol. The summed E-state index contributed by atoms with van der Waals surface area (Å²) >= 11 is 14.3. The first kappa shape index (κ1) is 32.2. The Kier molecular flexibility index (Phi) is 7.81. The molecule has 12 heteroatoms. The van der Waals surface area contributed by atoms with Crippen molar-refractivity contribution in [1.29, 1.82) is 0 Å². The van der Waals surface area contributed by atoms with Crippen LogP contribution in [-0.4, -0.2) is 64.7 Å². The number of alkyl halides is 2. The maximum atomic E-state index is 14.3. The zero-order valence-corrected chi connectivity index (χ0v) is 27.8. The fourth-order valence-corrected chi connectivity index (χ4v) is 8.84. The molecule has 0 radical (unpaired) electrons. The van der Waals surface area contributed by atoms with E-state index in [1.54, 1.807) is 38.5 Å². The monoisotopic (exact) mass is 690 g/mol. The van der Waals surface area contributed by atoms with Crippen LogP contribution in [0.3, 0.4) is 0 Å². The van der Waals surface area contributed by atoms with Crippen LogP contribution >= 0.6 is 23.2 Å². The van der Waals surface area contributed by atoms with E-state index in [1.807, 2.05) is 48.6 Å². The largest absolute Gasteiger partial charge is 0.497 e. The normalized spacial score (nSPS) is 29.7. The highest BCUT2D eigenvalue weighted by molar-refractivity contribution is 6.53. The zero-order valence-electron chi connectivity index (χ0n) is 26.3. The molecule has 4 amide bonds. The van der Waals surface area contributed by atoms with Gasteiger partial charge in [-0.1, -0.05) is 35.9 Å². The number of aliphatic hydroxyl groups excluding tert-OH is 1. The van der Waals surface area contributed by atoms with Crippen LogP contribution in [0.1, 0.15) is 41.4 Å².